The van der Waals surface area contributed by atoms with Gasteiger partial charge in [-0.3, -0.25) is 0 Å². The summed E-state index contributed by atoms with van der Waals surface area (Å²) < 4.78 is 12.5. The molecule has 2 aromatic carbocycles. The normalized spacial score (nSPS) is 10.0. The number of hydrogen-bond donors (Lipinski definition) is 0. The molecule has 0 aliphatic carbocycles. The summed E-state index contributed by atoms with van der Waals surface area (Å²) in [6.45, 7) is 0.253. The van der Waals surface area contributed by atoms with E-state index in [2.05, 4.69) is 0 Å². The van der Waals surface area contributed by atoms with Crippen molar-refractivity contribution >= 4 is 23.9 Å². The average Bonchev–Trinajstić information content (AvgIpc) is 2.55. The molecule has 4 nitrogen and oxygen atoms in total. The molecular formula is C16H17NO3S. The van der Waals surface area contributed by atoms with Gasteiger partial charge in [-0.15, -0.1) is 0 Å². The Morgan fingerprint density at radius 1 is 1.10 bits per heavy atom. The van der Waals surface area contributed by atoms with Crippen LogP contribution in [0, 0.1) is 0 Å². The van der Waals surface area contributed by atoms with Gasteiger partial charge in [0.2, 0.25) is 0 Å². The molecule has 0 spiro atoms. The summed E-state index contributed by atoms with van der Waals surface area (Å²) in [6, 6.07) is 15.4. The number of anilines is 1. The molecule has 0 saturated carbocycles. The predicted octanol–water partition coefficient (Wildman–Crippen LogP) is 3.42. The maximum atomic E-state index is 11.0. The van der Waals surface area contributed by atoms with E-state index in [-0.39, 0.29) is 6.54 Å². The van der Waals surface area contributed by atoms with Gasteiger partial charge in [0.1, 0.15) is 17.8 Å². The summed E-state index contributed by atoms with van der Waals surface area (Å²) >= 11 is 1.48. The minimum absolute atomic E-state index is 0.253. The molecule has 0 radical (unpaired) electrons. The van der Waals surface area contributed by atoms with Crippen molar-refractivity contribution < 1.29 is 14.3 Å². The second-order valence-corrected chi connectivity index (χ2v) is 5.26. The van der Waals surface area contributed by atoms with Gasteiger partial charge in [0.05, 0.1) is 26.5 Å². The minimum atomic E-state index is 0.253. The fraction of sp³-hybridized carbons (Fsp3) is 0.188. The van der Waals surface area contributed by atoms with Crippen molar-refractivity contribution in [3.63, 3.8) is 0 Å². The van der Waals surface area contributed by atoms with E-state index in [1.165, 1.54) is 11.9 Å². The van der Waals surface area contributed by atoms with Gasteiger partial charge in [-0.1, -0.05) is 18.2 Å². The van der Waals surface area contributed by atoms with Crippen molar-refractivity contribution in [3.05, 3.63) is 48.5 Å². The molecule has 0 atom stereocenters. The highest BCUT2D eigenvalue weighted by atomic mass is 32.2. The molecule has 110 valence electrons. The van der Waals surface area contributed by atoms with Crippen molar-refractivity contribution in [2.24, 2.45) is 0 Å². The lowest BCUT2D eigenvalue weighted by Gasteiger charge is -2.23. The second kappa shape index (κ2) is 7.59. The molecule has 0 amide bonds. The number of carbonyl (C=O) groups is 1. The number of nitrogens with zero attached hydrogens (tertiary/aromatic N) is 1. The molecule has 0 N–H and O–H groups in total. The maximum Gasteiger partial charge on any atom is 0.143 e. The van der Waals surface area contributed by atoms with Crippen LogP contribution in [0.4, 0.5) is 5.69 Å². The molecule has 0 aliphatic heterocycles. The Hall–Kier alpha value is -2.14. The van der Waals surface area contributed by atoms with E-state index in [0.717, 1.165) is 22.6 Å². The largest absolute Gasteiger partial charge is 0.497 e. The van der Waals surface area contributed by atoms with E-state index in [0.29, 0.717) is 5.75 Å². The zero-order valence-electron chi connectivity index (χ0n) is 12.0. The maximum absolute atomic E-state index is 11.0. The molecule has 5 heteroatoms. The van der Waals surface area contributed by atoms with Gasteiger partial charge in [-0.25, -0.2) is 0 Å². The van der Waals surface area contributed by atoms with Crippen LogP contribution in [-0.4, -0.2) is 27.1 Å². The van der Waals surface area contributed by atoms with Crippen LogP contribution in [0.3, 0.4) is 0 Å². The number of ether oxygens (including phenoxy) is 2. The standard InChI is InChI=1S/C16H17NO3S/c1-19-13-8-9-16(20-2)15(12-13)17(10-11-18)21-14-6-4-3-5-7-14/h3-9,11-12H,10H2,1-2H3. The molecule has 0 unspecified atom stereocenters. The van der Waals surface area contributed by atoms with Crippen molar-refractivity contribution in [1.82, 2.24) is 0 Å². The quantitative estimate of drug-likeness (QED) is 0.579. The predicted molar refractivity (Wildman–Crippen MR) is 85.3 cm³/mol. The van der Waals surface area contributed by atoms with Crippen molar-refractivity contribution in [2.75, 3.05) is 25.1 Å². The first-order valence-electron chi connectivity index (χ1n) is 6.44. The van der Waals surface area contributed by atoms with Crippen LogP contribution in [0.5, 0.6) is 11.5 Å². The minimum Gasteiger partial charge on any atom is -0.497 e. The van der Waals surface area contributed by atoms with Crippen molar-refractivity contribution in [3.8, 4) is 11.5 Å². The summed E-state index contributed by atoms with van der Waals surface area (Å²) in [6.07, 6.45) is 0.870. The molecule has 0 aromatic heterocycles. The van der Waals surface area contributed by atoms with Crippen molar-refractivity contribution in [1.29, 1.82) is 0 Å². The molecule has 21 heavy (non-hydrogen) atoms. The summed E-state index contributed by atoms with van der Waals surface area (Å²) in [5.74, 6) is 1.41. The third kappa shape index (κ3) is 3.92. The third-order valence-corrected chi connectivity index (χ3v) is 3.90. The van der Waals surface area contributed by atoms with Gasteiger partial charge in [0.25, 0.3) is 0 Å². The van der Waals surface area contributed by atoms with E-state index in [9.17, 15) is 4.79 Å². The smallest absolute Gasteiger partial charge is 0.143 e. The Balaban J connectivity index is 2.34. The van der Waals surface area contributed by atoms with Gasteiger partial charge in [-0.2, -0.15) is 0 Å². The summed E-state index contributed by atoms with van der Waals surface area (Å²) in [4.78, 5) is 12.1. The molecule has 0 aliphatic rings. The van der Waals surface area contributed by atoms with E-state index in [4.69, 9.17) is 9.47 Å². The Kier molecular flexibility index (Phi) is 5.51. The molecule has 0 bridgehead atoms. The highest BCUT2D eigenvalue weighted by Crippen LogP contribution is 2.37. The van der Waals surface area contributed by atoms with Crippen LogP contribution >= 0.6 is 11.9 Å². The SMILES string of the molecule is COc1ccc(OC)c(N(CC=O)Sc2ccccc2)c1. The molecule has 0 saturated heterocycles. The van der Waals surface area contributed by atoms with E-state index in [1.54, 1.807) is 14.2 Å². The highest BCUT2D eigenvalue weighted by molar-refractivity contribution is 8.00. The van der Waals surface area contributed by atoms with Crippen molar-refractivity contribution in [2.45, 2.75) is 4.90 Å². The zero-order chi connectivity index (χ0) is 15.1. The number of benzene rings is 2. The van der Waals surface area contributed by atoms with Crippen LogP contribution in [0.25, 0.3) is 0 Å². The Bertz CT molecular complexity index is 589. The fourth-order valence-electron chi connectivity index (χ4n) is 1.85. The number of carbonyl (C=O) groups excluding carboxylic acids is 1. The monoisotopic (exact) mass is 303 g/mol. The molecule has 2 aromatic rings. The first-order chi connectivity index (χ1) is 10.3. The topological polar surface area (TPSA) is 38.8 Å². The summed E-state index contributed by atoms with van der Waals surface area (Å²) in [5, 5.41) is 0. The van der Waals surface area contributed by atoms with Crippen LogP contribution < -0.4 is 13.8 Å². The van der Waals surface area contributed by atoms with E-state index < -0.39 is 0 Å². The second-order valence-electron chi connectivity index (χ2n) is 4.17. The number of rotatable bonds is 7. The average molecular weight is 303 g/mol. The lowest BCUT2D eigenvalue weighted by atomic mass is 10.2. The van der Waals surface area contributed by atoms with E-state index >= 15 is 0 Å². The third-order valence-electron chi connectivity index (χ3n) is 2.85. The van der Waals surface area contributed by atoms with E-state index in [1.807, 2.05) is 52.8 Å². The number of aldehydes is 1. The Morgan fingerprint density at radius 2 is 1.86 bits per heavy atom. The molecule has 2 rings (SSSR count). The van der Waals surface area contributed by atoms with Crippen LogP contribution in [0.2, 0.25) is 0 Å². The van der Waals surface area contributed by atoms with Gasteiger partial charge in [-0.05, 0) is 36.2 Å². The number of hydrogen-bond acceptors (Lipinski definition) is 5. The molecule has 0 fully saturated rings. The lowest BCUT2D eigenvalue weighted by molar-refractivity contribution is -0.106. The van der Waals surface area contributed by atoms with Crippen LogP contribution in [0.1, 0.15) is 0 Å². The summed E-state index contributed by atoms with van der Waals surface area (Å²) in [5.41, 5.74) is 0.804. The molecule has 0 heterocycles. The van der Waals surface area contributed by atoms with Crippen LogP contribution in [-0.2, 0) is 4.79 Å². The van der Waals surface area contributed by atoms with Gasteiger partial charge >= 0.3 is 0 Å². The lowest BCUT2D eigenvalue weighted by Crippen LogP contribution is -2.17. The van der Waals surface area contributed by atoms with Gasteiger partial charge in [0, 0.05) is 11.0 Å². The zero-order valence-corrected chi connectivity index (χ0v) is 12.8. The molecular weight excluding hydrogens is 286 g/mol. The Labute approximate surface area is 128 Å². The first-order valence-corrected chi connectivity index (χ1v) is 7.22. The summed E-state index contributed by atoms with van der Waals surface area (Å²) in [7, 11) is 3.22. The fourth-order valence-corrected chi connectivity index (χ4v) is 2.76. The van der Waals surface area contributed by atoms with Crippen LogP contribution in [0.15, 0.2) is 53.4 Å². The number of methoxy groups -OCH3 is 2. The first kappa shape index (κ1) is 15.3. The van der Waals surface area contributed by atoms with Gasteiger partial charge in [0.15, 0.2) is 0 Å². The Morgan fingerprint density at radius 3 is 2.48 bits per heavy atom. The van der Waals surface area contributed by atoms with Gasteiger partial charge < -0.3 is 18.6 Å². The highest BCUT2D eigenvalue weighted by Gasteiger charge is 2.14.